The topological polar surface area (TPSA) is 24.7 Å². The van der Waals surface area contributed by atoms with Crippen molar-refractivity contribution in [3.63, 3.8) is 0 Å². The second-order valence-electron chi connectivity index (χ2n) is 5.44. The SMILES string of the molecule is CCCCCC(C)N=C1C=CC(=Nc2ccccc2)C=C1. The Morgan fingerprint density at radius 3 is 2.24 bits per heavy atom. The number of unbranched alkanes of at least 4 members (excludes halogenated alkanes) is 2. The monoisotopic (exact) mass is 280 g/mol. The van der Waals surface area contributed by atoms with E-state index < -0.39 is 0 Å². The molecule has 1 aromatic rings. The van der Waals surface area contributed by atoms with Crippen molar-refractivity contribution in [2.45, 2.75) is 45.6 Å². The lowest BCUT2D eigenvalue weighted by molar-refractivity contribution is 0.594. The molecule has 0 spiro atoms. The molecule has 0 saturated carbocycles. The van der Waals surface area contributed by atoms with Crippen LogP contribution in [-0.2, 0) is 0 Å². The van der Waals surface area contributed by atoms with E-state index in [4.69, 9.17) is 4.99 Å². The molecule has 1 aliphatic rings. The van der Waals surface area contributed by atoms with E-state index >= 15 is 0 Å². The molecule has 21 heavy (non-hydrogen) atoms. The molecule has 0 radical (unpaired) electrons. The highest BCUT2D eigenvalue weighted by molar-refractivity contribution is 6.19. The summed E-state index contributed by atoms with van der Waals surface area (Å²) in [5.41, 5.74) is 3.00. The molecular weight excluding hydrogens is 256 g/mol. The van der Waals surface area contributed by atoms with Crippen LogP contribution in [0.2, 0.25) is 0 Å². The van der Waals surface area contributed by atoms with Crippen molar-refractivity contribution in [2.24, 2.45) is 9.98 Å². The first-order valence-electron chi connectivity index (χ1n) is 7.85. The van der Waals surface area contributed by atoms with Gasteiger partial charge in [-0.25, -0.2) is 4.99 Å². The van der Waals surface area contributed by atoms with E-state index in [0.717, 1.165) is 17.1 Å². The number of nitrogens with zero attached hydrogens (tertiary/aromatic N) is 2. The number of rotatable bonds is 6. The normalized spacial score (nSPS) is 15.1. The summed E-state index contributed by atoms with van der Waals surface area (Å²) in [6, 6.07) is 10.4. The van der Waals surface area contributed by atoms with Crippen LogP contribution in [0.15, 0.2) is 64.6 Å². The van der Waals surface area contributed by atoms with E-state index in [-0.39, 0.29) is 0 Å². The third-order valence-electron chi connectivity index (χ3n) is 3.46. The van der Waals surface area contributed by atoms with E-state index in [2.05, 4.69) is 31.0 Å². The van der Waals surface area contributed by atoms with Gasteiger partial charge in [-0.15, -0.1) is 0 Å². The minimum Gasteiger partial charge on any atom is -0.282 e. The van der Waals surface area contributed by atoms with Crippen LogP contribution in [0, 0.1) is 0 Å². The molecule has 0 aliphatic heterocycles. The summed E-state index contributed by atoms with van der Waals surface area (Å²) in [6.45, 7) is 4.43. The zero-order valence-corrected chi connectivity index (χ0v) is 13.0. The summed E-state index contributed by atoms with van der Waals surface area (Å²) in [5, 5.41) is 0. The molecule has 0 bridgehead atoms. The summed E-state index contributed by atoms with van der Waals surface area (Å²) >= 11 is 0. The molecule has 1 aromatic carbocycles. The lowest BCUT2D eigenvalue weighted by Gasteiger charge is -2.08. The van der Waals surface area contributed by atoms with E-state index in [1.807, 2.05) is 42.5 Å². The molecule has 0 heterocycles. The van der Waals surface area contributed by atoms with Crippen molar-refractivity contribution in [1.29, 1.82) is 0 Å². The average Bonchev–Trinajstić information content (AvgIpc) is 2.51. The van der Waals surface area contributed by atoms with E-state index in [9.17, 15) is 0 Å². The quantitative estimate of drug-likeness (QED) is 0.499. The van der Waals surface area contributed by atoms with Crippen molar-refractivity contribution in [3.8, 4) is 0 Å². The molecular formula is C19H24N2. The maximum Gasteiger partial charge on any atom is 0.0638 e. The second kappa shape index (κ2) is 8.35. The molecule has 0 fully saturated rings. The van der Waals surface area contributed by atoms with E-state index in [1.165, 1.54) is 25.7 Å². The van der Waals surface area contributed by atoms with Crippen LogP contribution in [0.25, 0.3) is 0 Å². The molecule has 0 N–H and O–H groups in total. The third kappa shape index (κ3) is 5.50. The van der Waals surface area contributed by atoms with Gasteiger partial charge in [-0.3, -0.25) is 4.99 Å². The van der Waals surface area contributed by atoms with Crippen molar-refractivity contribution in [1.82, 2.24) is 0 Å². The lowest BCUT2D eigenvalue weighted by atomic mass is 10.1. The fraction of sp³-hybridized carbons (Fsp3) is 0.368. The molecule has 2 nitrogen and oxygen atoms in total. The molecule has 1 atom stereocenters. The second-order valence-corrected chi connectivity index (χ2v) is 5.44. The molecule has 2 rings (SSSR count). The Labute approximate surface area is 128 Å². The highest BCUT2D eigenvalue weighted by atomic mass is 14.8. The first-order valence-corrected chi connectivity index (χ1v) is 7.85. The highest BCUT2D eigenvalue weighted by Crippen LogP contribution is 2.13. The van der Waals surface area contributed by atoms with Crippen molar-refractivity contribution < 1.29 is 0 Å². The van der Waals surface area contributed by atoms with Crippen LogP contribution in [0.1, 0.15) is 39.5 Å². The molecule has 0 aromatic heterocycles. The van der Waals surface area contributed by atoms with Crippen molar-refractivity contribution in [2.75, 3.05) is 0 Å². The van der Waals surface area contributed by atoms with Gasteiger partial charge in [0.15, 0.2) is 0 Å². The Kier molecular flexibility index (Phi) is 6.14. The summed E-state index contributed by atoms with van der Waals surface area (Å²) in [7, 11) is 0. The lowest BCUT2D eigenvalue weighted by Crippen LogP contribution is -2.05. The van der Waals surface area contributed by atoms with Crippen LogP contribution in [0.5, 0.6) is 0 Å². The smallest absolute Gasteiger partial charge is 0.0638 e. The van der Waals surface area contributed by atoms with Crippen LogP contribution < -0.4 is 0 Å². The number of hydrogen-bond acceptors (Lipinski definition) is 2. The predicted molar refractivity (Wildman–Crippen MR) is 92.9 cm³/mol. The maximum atomic E-state index is 4.74. The number of allylic oxidation sites excluding steroid dienone is 4. The Hall–Kier alpha value is -1.96. The van der Waals surface area contributed by atoms with Gasteiger partial charge in [-0.05, 0) is 49.8 Å². The Morgan fingerprint density at radius 1 is 0.905 bits per heavy atom. The van der Waals surface area contributed by atoms with Crippen LogP contribution in [0.4, 0.5) is 5.69 Å². The fourth-order valence-electron chi connectivity index (χ4n) is 2.27. The Morgan fingerprint density at radius 2 is 1.57 bits per heavy atom. The first kappa shape index (κ1) is 15.4. The van der Waals surface area contributed by atoms with Crippen LogP contribution >= 0.6 is 0 Å². The molecule has 0 amide bonds. The van der Waals surface area contributed by atoms with Gasteiger partial charge < -0.3 is 0 Å². The van der Waals surface area contributed by atoms with E-state index in [1.54, 1.807) is 0 Å². The van der Waals surface area contributed by atoms with Gasteiger partial charge in [0.05, 0.1) is 17.1 Å². The van der Waals surface area contributed by atoms with Crippen LogP contribution in [-0.4, -0.2) is 17.5 Å². The zero-order valence-electron chi connectivity index (χ0n) is 13.0. The Balaban J connectivity index is 1.93. The number of benzene rings is 1. The van der Waals surface area contributed by atoms with Gasteiger partial charge in [-0.2, -0.15) is 0 Å². The third-order valence-corrected chi connectivity index (χ3v) is 3.46. The highest BCUT2D eigenvalue weighted by Gasteiger charge is 2.03. The number of para-hydroxylation sites is 1. The minimum absolute atomic E-state index is 0.397. The van der Waals surface area contributed by atoms with Gasteiger partial charge in [0.25, 0.3) is 0 Å². The largest absolute Gasteiger partial charge is 0.282 e. The molecule has 1 aliphatic carbocycles. The van der Waals surface area contributed by atoms with Gasteiger partial charge in [0.2, 0.25) is 0 Å². The molecule has 110 valence electrons. The summed E-state index contributed by atoms with van der Waals surface area (Å²) in [5.74, 6) is 0. The van der Waals surface area contributed by atoms with Crippen molar-refractivity contribution in [3.05, 3.63) is 54.6 Å². The molecule has 2 heteroatoms. The zero-order chi connectivity index (χ0) is 14.9. The minimum atomic E-state index is 0.397. The van der Waals surface area contributed by atoms with Crippen molar-refractivity contribution >= 4 is 17.1 Å². The fourth-order valence-corrected chi connectivity index (χ4v) is 2.27. The van der Waals surface area contributed by atoms with Gasteiger partial charge >= 0.3 is 0 Å². The molecule has 1 unspecified atom stereocenters. The average molecular weight is 280 g/mol. The number of hydrogen-bond donors (Lipinski definition) is 0. The van der Waals surface area contributed by atoms with E-state index in [0.29, 0.717) is 6.04 Å². The number of aliphatic imine (C=N–C) groups is 2. The summed E-state index contributed by atoms with van der Waals surface area (Å²) < 4.78 is 0. The first-order chi connectivity index (χ1) is 10.3. The van der Waals surface area contributed by atoms with Gasteiger partial charge in [0.1, 0.15) is 0 Å². The summed E-state index contributed by atoms with van der Waals surface area (Å²) in [6.07, 6.45) is 13.2. The molecule has 0 saturated heterocycles. The van der Waals surface area contributed by atoms with Gasteiger partial charge in [-0.1, -0.05) is 44.4 Å². The van der Waals surface area contributed by atoms with Crippen LogP contribution in [0.3, 0.4) is 0 Å². The predicted octanol–water partition coefficient (Wildman–Crippen LogP) is 5.29. The maximum absolute atomic E-state index is 4.74. The Bertz CT molecular complexity index is 532. The summed E-state index contributed by atoms with van der Waals surface area (Å²) in [4.78, 5) is 9.32. The standard InChI is InChI=1S/C19H24N2/c1-3-4-6-9-16(2)20-18-12-14-19(15-13-18)21-17-10-7-5-8-11-17/h5,7-8,10-16H,3-4,6,9H2,1-2H3. The van der Waals surface area contributed by atoms with Gasteiger partial charge in [0, 0.05) is 6.04 Å².